The van der Waals surface area contributed by atoms with Crippen molar-refractivity contribution in [3.63, 3.8) is 0 Å². The molecule has 3 nitrogen and oxygen atoms in total. The fraction of sp³-hybridized carbons (Fsp3) is 0.189. The number of fused-ring (bicyclic) bond motifs is 2. The lowest BCUT2D eigenvalue weighted by molar-refractivity contribution is 0.00578. The van der Waals surface area contributed by atoms with Gasteiger partial charge >= 0.3 is 7.12 Å². The van der Waals surface area contributed by atoms with Crippen LogP contribution < -0.4 is 10.4 Å². The third-order valence-electron chi connectivity index (χ3n) is 9.19. The molecule has 5 aromatic carbocycles. The molecule has 0 unspecified atom stereocenters. The maximum Gasteiger partial charge on any atom is 0.494 e. The van der Waals surface area contributed by atoms with Gasteiger partial charge in [0.25, 0.3) is 0 Å². The van der Waals surface area contributed by atoms with Gasteiger partial charge in [-0.15, -0.1) is 0 Å². The van der Waals surface area contributed by atoms with E-state index in [9.17, 15) is 0 Å². The lowest BCUT2D eigenvalue weighted by Gasteiger charge is -2.46. The number of rotatable bonds is 4. The largest absolute Gasteiger partial charge is 0.494 e. The summed E-state index contributed by atoms with van der Waals surface area (Å²) in [5.74, 6) is 0. The molecule has 2 aliphatic rings. The van der Waals surface area contributed by atoms with Crippen LogP contribution in [0.2, 0.25) is 0 Å². The van der Waals surface area contributed by atoms with Crippen LogP contribution >= 0.6 is 0 Å². The smallest absolute Gasteiger partial charge is 0.399 e. The summed E-state index contributed by atoms with van der Waals surface area (Å²) in [4.78, 5) is 2.39. The van der Waals surface area contributed by atoms with E-state index in [0.717, 1.165) is 11.2 Å². The first-order chi connectivity index (χ1) is 19.8. The molecule has 4 heteroatoms. The van der Waals surface area contributed by atoms with Crippen molar-refractivity contribution in [1.82, 2.24) is 0 Å². The summed E-state index contributed by atoms with van der Waals surface area (Å²) >= 11 is 0. The second-order valence-electron chi connectivity index (χ2n) is 12.0. The number of para-hydroxylation sites is 2. The number of benzene rings is 5. The van der Waals surface area contributed by atoms with E-state index in [0.29, 0.717) is 0 Å². The number of anilines is 3. The van der Waals surface area contributed by atoms with Gasteiger partial charge in [-0.1, -0.05) is 109 Å². The predicted octanol–water partition coefficient (Wildman–Crippen LogP) is 8.15. The molecular formula is C37H34BNO2. The molecule has 1 fully saturated rings. The lowest BCUT2D eigenvalue weighted by Crippen LogP contribution is -2.41. The first kappa shape index (κ1) is 25.8. The van der Waals surface area contributed by atoms with E-state index in [1.165, 1.54) is 33.6 Å². The minimum absolute atomic E-state index is 0.376. The SMILES string of the molecule is CC1(C)OB(c2ccc(N3c4ccccc4C(c4ccccc4)(c4ccccc4)c4ccccc43)cc2)OC1(C)C. The molecule has 5 aromatic rings. The van der Waals surface area contributed by atoms with Crippen LogP contribution in [0.4, 0.5) is 17.1 Å². The molecule has 41 heavy (non-hydrogen) atoms. The summed E-state index contributed by atoms with van der Waals surface area (Å²) in [7, 11) is -0.390. The topological polar surface area (TPSA) is 21.7 Å². The quantitative estimate of drug-likeness (QED) is 0.213. The van der Waals surface area contributed by atoms with E-state index >= 15 is 0 Å². The molecule has 0 N–H and O–H groups in total. The molecule has 7 rings (SSSR count). The fourth-order valence-electron chi connectivity index (χ4n) is 6.45. The molecule has 2 aliphatic heterocycles. The second-order valence-corrected chi connectivity index (χ2v) is 12.0. The van der Waals surface area contributed by atoms with Gasteiger partial charge < -0.3 is 14.2 Å². The van der Waals surface area contributed by atoms with Crippen LogP contribution in [0.3, 0.4) is 0 Å². The van der Waals surface area contributed by atoms with Crippen LogP contribution in [0.1, 0.15) is 49.9 Å². The monoisotopic (exact) mass is 535 g/mol. The van der Waals surface area contributed by atoms with Gasteiger partial charge in [-0.3, -0.25) is 0 Å². The zero-order chi connectivity index (χ0) is 28.2. The predicted molar refractivity (Wildman–Crippen MR) is 169 cm³/mol. The Morgan fingerprint density at radius 1 is 0.488 bits per heavy atom. The first-order valence-electron chi connectivity index (χ1n) is 14.4. The van der Waals surface area contributed by atoms with Crippen LogP contribution in [-0.4, -0.2) is 18.3 Å². The molecule has 0 aromatic heterocycles. The lowest BCUT2D eigenvalue weighted by atomic mass is 9.62. The highest BCUT2D eigenvalue weighted by Gasteiger charge is 2.52. The second kappa shape index (κ2) is 9.48. The number of hydrogen-bond donors (Lipinski definition) is 0. The average Bonchev–Trinajstić information content (AvgIpc) is 3.23. The molecule has 0 aliphatic carbocycles. The van der Waals surface area contributed by atoms with E-state index in [4.69, 9.17) is 9.31 Å². The van der Waals surface area contributed by atoms with Gasteiger partial charge in [0.2, 0.25) is 0 Å². The molecular weight excluding hydrogens is 501 g/mol. The highest BCUT2D eigenvalue weighted by Crippen LogP contribution is 2.57. The summed E-state index contributed by atoms with van der Waals surface area (Å²) in [6, 6.07) is 48.1. The van der Waals surface area contributed by atoms with E-state index in [2.05, 4.69) is 166 Å². The maximum atomic E-state index is 6.34. The zero-order valence-corrected chi connectivity index (χ0v) is 24.0. The van der Waals surface area contributed by atoms with Crippen molar-refractivity contribution in [2.24, 2.45) is 0 Å². The molecule has 0 bridgehead atoms. The Bertz CT molecular complexity index is 1590. The Hall–Kier alpha value is -4.12. The Labute approximate surface area is 243 Å². The highest BCUT2D eigenvalue weighted by atomic mass is 16.7. The normalized spacial score (nSPS) is 18.0. The van der Waals surface area contributed by atoms with Crippen LogP contribution in [0.25, 0.3) is 0 Å². The Balaban J connectivity index is 1.41. The minimum atomic E-state index is -0.463. The van der Waals surface area contributed by atoms with Crippen molar-refractivity contribution in [1.29, 1.82) is 0 Å². The van der Waals surface area contributed by atoms with Crippen LogP contribution in [0, 0.1) is 0 Å². The molecule has 0 amide bonds. The fourth-order valence-corrected chi connectivity index (χ4v) is 6.45. The van der Waals surface area contributed by atoms with Crippen molar-refractivity contribution < 1.29 is 9.31 Å². The Morgan fingerprint density at radius 2 is 0.902 bits per heavy atom. The Kier molecular flexibility index (Phi) is 5.97. The number of nitrogens with zero attached hydrogens (tertiary/aromatic N) is 1. The molecule has 0 spiro atoms. The van der Waals surface area contributed by atoms with Gasteiger partial charge in [0.05, 0.1) is 28.0 Å². The van der Waals surface area contributed by atoms with Gasteiger partial charge in [-0.2, -0.15) is 0 Å². The third kappa shape index (κ3) is 3.89. The van der Waals surface area contributed by atoms with Crippen molar-refractivity contribution in [2.45, 2.75) is 44.3 Å². The van der Waals surface area contributed by atoms with Crippen LogP contribution in [0.15, 0.2) is 133 Å². The van der Waals surface area contributed by atoms with Crippen molar-refractivity contribution in [3.8, 4) is 0 Å². The van der Waals surface area contributed by atoms with E-state index in [-0.39, 0.29) is 11.2 Å². The van der Waals surface area contributed by atoms with Gasteiger partial charge in [0.15, 0.2) is 0 Å². The van der Waals surface area contributed by atoms with Crippen LogP contribution in [-0.2, 0) is 14.7 Å². The first-order valence-corrected chi connectivity index (χ1v) is 14.4. The van der Waals surface area contributed by atoms with Crippen molar-refractivity contribution in [2.75, 3.05) is 4.90 Å². The number of hydrogen-bond acceptors (Lipinski definition) is 3. The van der Waals surface area contributed by atoms with Crippen molar-refractivity contribution in [3.05, 3.63) is 156 Å². The Morgan fingerprint density at radius 3 is 1.37 bits per heavy atom. The van der Waals surface area contributed by atoms with E-state index < -0.39 is 12.5 Å². The van der Waals surface area contributed by atoms with E-state index in [1.807, 2.05) is 0 Å². The highest BCUT2D eigenvalue weighted by molar-refractivity contribution is 6.62. The van der Waals surface area contributed by atoms with Gasteiger partial charge in [-0.25, -0.2) is 0 Å². The minimum Gasteiger partial charge on any atom is -0.399 e. The average molecular weight is 535 g/mol. The summed E-state index contributed by atoms with van der Waals surface area (Å²) in [5, 5.41) is 0. The molecule has 0 saturated carbocycles. The standard InChI is InChI=1S/C37H34BNO2/c1-35(2)36(3,4)41-38(40-35)29-23-25-30(26-24-29)39-33-21-13-11-19-31(33)37(27-15-7-5-8-16-27,28-17-9-6-10-18-28)32-20-12-14-22-34(32)39/h5-26H,1-4H3. The molecule has 0 radical (unpaired) electrons. The van der Waals surface area contributed by atoms with Gasteiger partial charge in [0.1, 0.15) is 0 Å². The van der Waals surface area contributed by atoms with E-state index in [1.54, 1.807) is 0 Å². The molecule has 1 saturated heterocycles. The summed E-state index contributed by atoms with van der Waals surface area (Å²) in [5.41, 5.74) is 8.26. The third-order valence-corrected chi connectivity index (χ3v) is 9.19. The summed E-state index contributed by atoms with van der Waals surface area (Å²) < 4.78 is 12.7. The van der Waals surface area contributed by atoms with Gasteiger partial charge in [-0.05, 0) is 79.7 Å². The maximum absolute atomic E-state index is 6.34. The summed E-state index contributed by atoms with van der Waals surface area (Å²) in [6.07, 6.45) is 0. The molecule has 0 atom stereocenters. The zero-order valence-electron chi connectivity index (χ0n) is 24.0. The molecule has 2 heterocycles. The van der Waals surface area contributed by atoms with Crippen LogP contribution in [0.5, 0.6) is 0 Å². The van der Waals surface area contributed by atoms with Crippen molar-refractivity contribution >= 4 is 29.6 Å². The summed E-state index contributed by atoms with van der Waals surface area (Å²) in [6.45, 7) is 8.37. The van der Waals surface area contributed by atoms with Gasteiger partial charge in [0, 0.05) is 5.69 Å². The molecule has 202 valence electrons.